The number of rotatable bonds is 4. The van der Waals surface area contributed by atoms with Gasteiger partial charge >= 0.3 is 0 Å². The first-order valence-electron chi connectivity index (χ1n) is 6.10. The van der Waals surface area contributed by atoms with Gasteiger partial charge in [0.15, 0.2) is 0 Å². The summed E-state index contributed by atoms with van der Waals surface area (Å²) in [7, 11) is -3.76. The van der Waals surface area contributed by atoms with Crippen LogP contribution in [0.3, 0.4) is 0 Å². The van der Waals surface area contributed by atoms with Crippen LogP contribution in [0.1, 0.15) is 11.1 Å². The lowest BCUT2D eigenvalue weighted by Crippen LogP contribution is -2.24. The first-order chi connectivity index (χ1) is 9.81. The van der Waals surface area contributed by atoms with Crippen molar-refractivity contribution in [2.75, 3.05) is 5.73 Å². The SMILES string of the molecule is Cc1cc(Br)c(N)cc1S(=O)(=O)NCc1ccccc1F. The zero-order valence-corrected chi connectivity index (χ0v) is 13.6. The monoisotopic (exact) mass is 372 g/mol. The van der Waals surface area contributed by atoms with Crippen molar-refractivity contribution in [3.63, 3.8) is 0 Å². The van der Waals surface area contributed by atoms with E-state index in [4.69, 9.17) is 5.73 Å². The molecule has 0 aliphatic heterocycles. The molecule has 2 aromatic rings. The van der Waals surface area contributed by atoms with E-state index in [0.29, 0.717) is 15.7 Å². The third kappa shape index (κ3) is 3.61. The van der Waals surface area contributed by atoms with Crippen molar-refractivity contribution in [3.8, 4) is 0 Å². The molecule has 0 saturated carbocycles. The predicted molar refractivity (Wildman–Crippen MR) is 83.7 cm³/mol. The molecule has 0 aliphatic carbocycles. The molecule has 0 spiro atoms. The van der Waals surface area contributed by atoms with Gasteiger partial charge in [-0.3, -0.25) is 0 Å². The Hall–Kier alpha value is -1.44. The molecule has 0 amide bonds. The van der Waals surface area contributed by atoms with Gasteiger partial charge in [0.1, 0.15) is 5.82 Å². The molecule has 0 aromatic heterocycles. The number of nitrogens with one attached hydrogen (secondary N) is 1. The topological polar surface area (TPSA) is 72.2 Å². The maximum atomic E-state index is 13.5. The van der Waals surface area contributed by atoms with E-state index in [1.54, 1.807) is 25.1 Å². The summed E-state index contributed by atoms with van der Waals surface area (Å²) >= 11 is 3.24. The molecule has 2 rings (SSSR count). The molecule has 0 heterocycles. The summed E-state index contributed by atoms with van der Waals surface area (Å²) in [6.45, 7) is 1.55. The second-order valence-corrected chi connectivity index (χ2v) is 7.14. The summed E-state index contributed by atoms with van der Waals surface area (Å²) in [4.78, 5) is 0.0829. The molecule has 112 valence electrons. The van der Waals surface area contributed by atoms with Crippen LogP contribution in [-0.4, -0.2) is 8.42 Å². The summed E-state index contributed by atoms with van der Waals surface area (Å²) in [5, 5.41) is 0. The van der Waals surface area contributed by atoms with Crippen LogP contribution >= 0.6 is 15.9 Å². The number of benzene rings is 2. The van der Waals surface area contributed by atoms with Crippen LogP contribution in [0.15, 0.2) is 45.8 Å². The smallest absolute Gasteiger partial charge is 0.241 e. The molecule has 0 fully saturated rings. The number of anilines is 1. The fourth-order valence-corrected chi connectivity index (χ4v) is 3.57. The van der Waals surface area contributed by atoms with Gasteiger partial charge in [-0.05, 0) is 46.6 Å². The van der Waals surface area contributed by atoms with E-state index in [1.165, 1.54) is 18.2 Å². The minimum atomic E-state index is -3.76. The normalized spacial score (nSPS) is 11.6. The summed E-state index contributed by atoms with van der Waals surface area (Å²) in [5.41, 5.74) is 6.88. The summed E-state index contributed by atoms with van der Waals surface area (Å²) in [6, 6.07) is 9.02. The highest BCUT2D eigenvalue weighted by atomic mass is 79.9. The van der Waals surface area contributed by atoms with Crippen molar-refractivity contribution in [1.29, 1.82) is 0 Å². The Morgan fingerprint density at radius 1 is 1.29 bits per heavy atom. The fourth-order valence-electron chi connectivity index (χ4n) is 1.85. The van der Waals surface area contributed by atoms with Gasteiger partial charge < -0.3 is 5.73 Å². The highest BCUT2D eigenvalue weighted by molar-refractivity contribution is 9.10. The van der Waals surface area contributed by atoms with E-state index in [1.807, 2.05) is 0 Å². The molecule has 0 saturated heterocycles. The number of sulfonamides is 1. The number of halogens is 2. The first kappa shape index (κ1) is 15.9. The number of hydrogen-bond acceptors (Lipinski definition) is 3. The lowest BCUT2D eigenvalue weighted by Gasteiger charge is -2.11. The third-order valence-corrected chi connectivity index (χ3v) is 5.22. The second kappa shape index (κ2) is 6.13. The van der Waals surface area contributed by atoms with Crippen LogP contribution in [0.2, 0.25) is 0 Å². The Balaban J connectivity index is 2.27. The van der Waals surface area contributed by atoms with Gasteiger partial charge in [0.25, 0.3) is 0 Å². The Morgan fingerprint density at radius 2 is 1.95 bits per heavy atom. The van der Waals surface area contributed by atoms with Crippen molar-refractivity contribution in [2.45, 2.75) is 18.4 Å². The number of nitrogen functional groups attached to an aromatic ring is 1. The Bertz CT molecular complexity index is 779. The highest BCUT2D eigenvalue weighted by Crippen LogP contribution is 2.26. The van der Waals surface area contributed by atoms with Gasteiger partial charge in [-0.2, -0.15) is 0 Å². The van der Waals surface area contributed by atoms with Crippen molar-refractivity contribution >= 4 is 31.6 Å². The molecule has 4 nitrogen and oxygen atoms in total. The molecule has 0 atom stereocenters. The fraction of sp³-hybridized carbons (Fsp3) is 0.143. The van der Waals surface area contributed by atoms with E-state index < -0.39 is 15.8 Å². The van der Waals surface area contributed by atoms with Gasteiger partial charge in [-0.15, -0.1) is 0 Å². The average Bonchev–Trinajstić information content (AvgIpc) is 2.42. The van der Waals surface area contributed by atoms with E-state index >= 15 is 0 Å². The van der Waals surface area contributed by atoms with Gasteiger partial charge in [0.05, 0.1) is 4.90 Å². The first-order valence-corrected chi connectivity index (χ1v) is 8.37. The van der Waals surface area contributed by atoms with Crippen LogP contribution in [0.5, 0.6) is 0 Å². The van der Waals surface area contributed by atoms with Crippen LogP contribution in [0.25, 0.3) is 0 Å². The molecular formula is C14H14BrFN2O2S. The van der Waals surface area contributed by atoms with Crippen LogP contribution in [-0.2, 0) is 16.6 Å². The van der Waals surface area contributed by atoms with E-state index in [9.17, 15) is 12.8 Å². The minimum Gasteiger partial charge on any atom is -0.398 e. The average molecular weight is 373 g/mol. The number of hydrogen-bond donors (Lipinski definition) is 2. The molecule has 0 unspecified atom stereocenters. The van der Waals surface area contributed by atoms with Crippen molar-refractivity contribution in [2.24, 2.45) is 0 Å². The summed E-state index contributed by atoms with van der Waals surface area (Å²) < 4.78 is 41.1. The quantitative estimate of drug-likeness (QED) is 0.810. The maximum absolute atomic E-state index is 13.5. The lowest BCUT2D eigenvalue weighted by atomic mass is 10.2. The van der Waals surface area contributed by atoms with Crippen LogP contribution < -0.4 is 10.5 Å². The largest absolute Gasteiger partial charge is 0.398 e. The molecule has 0 aliphatic rings. The van der Waals surface area contributed by atoms with Gasteiger partial charge in [0, 0.05) is 22.3 Å². The highest BCUT2D eigenvalue weighted by Gasteiger charge is 2.18. The lowest BCUT2D eigenvalue weighted by molar-refractivity contribution is 0.574. The standard InChI is InChI=1S/C14H14BrFN2O2S/c1-9-6-11(15)13(17)7-14(9)21(19,20)18-8-10-4-2-3-5-12(10)16/h2-7,18H,8,17H2,1H3. The van der Waals surface area contributed by atoms with E-state index in [2.05, 4.69) is 20.7 Å². The van der Waals surface area contributed by atoms with Crippen molar-refractivity contribution in [1.82, 2.24) is 4.72 Å². The maximum Gasteiger partial charge on any atom is 0.241 e. The zero-order valence-electron chi connectivity index (χ0n) is 11.2. The molecule has 0 bridgehead atoms. The summed E-state index contributed by atoms with van der Waals surface area (Å²) in [6.07, 6.45) is 0. The Labute approximate surface area is 131 Å². The molecular weight excluding hydrogens is 359 g/mol. The van der Waals surface area contributed by atoms with Gasteiger partial charge in [0.2, 0.25) is 10.0 Å². The third-order valence-electron chi connectivity index (χ3n) is 2.99. The predicted octanol–water partition coefficient (Wildman–Crippen LogP) is 2.96. The Kier molecular flexibility index (Phi) is 4.65. The molecule has 21 heavy (non-hydrogen) atoms. The van der Waals surface area contributed by atoms with E-state index in [-0.39, 0.29) is 17.0 Å². The summed E-state index contributed by atoms with van der Waals surface area (Å²) in [5.74, 6) is -0.452. The minimum absolute atomic E-state index is 0.0829. The molecule has 7 heteroatoms. The van der Waals surface area contributed by atoms with Gasteiger partial charge in [-0.1, -0.05) is 18.2 Å². The zero-order chi connectivity index (χ0) is 15.6. The number of aryl methyl sites for hydroxylation is 1. The second-order valence-electron chi connectivity index (χ2n) is 4.56. The van der Waals surface area contributed by atoms with E-state index in [0.717, 1.165) is 0 Å². The van der Waals surface area contributed by atoms with Crippen molar-refractivity contribution in [3.05, 3.63) is 57.8 Å². The van der Waals surface area contributed by atoms with Crippen LogP contribution in [0, 0.1) is 12.7 Å². The molecule has 3 N–H and O–H groups in total. The Morgan fingerprint density at radius 3 is 2.62 bits per heavy atom. The van der Waals surface area contributed by atoms with Crippen molar-refractivity contribution < 1.29 is 12.8 Å². The van der Waals surface area contributed by atoms with Crippen LogP contribution in [0.4, 0.5) is 10.1 Å². The molecule has 2 aromatic carbocycles. The molecule has 0 radical (unpaired) electrons. The van der Waals surface area contributed by atoms with Gasteiger partial charge in [-0.25, -0.2) is 17.5 Å². The number of nitrogens with two attached hydrogens (primary N) is 1.